The summed E-state index contributed by atoms with van der Waals surface area (Å²) in [5, 5.41) is 20.4. The molecule has 0 aliphatic carbocycles. The van der Waals surface area contributed by atoms with E-state index in [-0.39, 0.29) is 0 Å². The first-order valence-electron chi connectivity index (χ1n) is 9.89. The number of phenolic OH excluding ortho intramolecular Hbond substituents is 1. The van der Waals surface area contributed by atoms with E-state index < -0.39 is 0 Å². The third-order valence-corrected chi connectivity index (χ3v) is 4.83. The van der Waals surface area contributed by atoms with Gasteiger partial charge >= 0.3 is 0 Å². The molecule has 2 N–H and O–H groups in total. The van der Waals surface area contributed by atoms with Crippen LogP contribution in [0.3, 0.4) is 0 Å². The predicted molar refractivity (Wildman–Crippen MR) is 103 cm³/mol. The van der Waals surface area contributed by atoms with E-state index >= 15 is 0 Å². The quantitative estimate of drug-likeness (QED) is 0.472. The second-order valence-corrected chi connectivity index (χ2v) is 7.13. The number of rotatable bonds is 13. The Balaban J connectivity index is 1.37. The first-order chi connectivity index (χ1) is 12.3. The van der Waals surface area contributed by atoms with Crippen molar-refractivity contribution in [3.63, 3.8) is 0 Å². The largest absolute Gasteiger partial charge is 0.508 e. The maximum Gasteiger partial charge on any atom is 0.118 e. The number of hydrogen-bond acceptors (Lipinski definition) is 3. The maximum atomic E-state index is 9.84. The molecule has 4 nitrogen and oxygen atoms in total. The van der Waals surface area contributed by atoms with E-state index in [0.717, 1.165) is 24.1 Å². The number of hydrogen-bond donors (Lipinski definition) is 2. The minimum atomic E-state index is 0.453. The number of aromatic hydroxyl groups is 1. The first kappa shape index (κ1) is 19.5. The minimum Gasteiger partial charge on any atom is -0.508 e. The molecule has 0 spiro atoms. The van der Waals surface area contributed by atoms with Gasteiger partial charge in [0.1, 0.15) is 5.75 Å². The van der Waals surface area contributed by atoms with Gasteiger partial charge in [-0.15, -0.1) is 0 Å². The van der Waals surface area contributed by atoms with Crippen molar-refractivity contribution < 1.29 is 5.11 Å². The Morgan fingerprint density at radius 1 is 0.840 bits per heavy atom. The average molecular weight is 344 g/mol. The van der Waals surface area contributed by atoms with E-state index in [0.29, 0.717) is 5.75 Å². The number of aromatic amines is 1. The number of phenols is 1. The zero-order valence-electron chi connectivity index (χ0n) is 15.6. The molecule has 0 bridgehead atoms. The molecule has 0 amide bonds. The summed E-state index contributed by atoms with van der Waals surface area (Å²) in [4.78, 5) is 0. The Kier molecular flexibility index (Phi) is 9.09. The molecule has 25 heavy (non-hydrogen) atoms. The highest BCUT2D eigenvalue weighted by molar-refractivity contribution is 5.35. The molecule has 4 heteroatoms. The Labute approximate surface area is 152 Å². The van der Waals surface area contributed by atoms with Gasteiger partial charge in [-0.25, -0.2) is 0 Å². The standard InChI is InChI=1S/C21H33N3O/c1-18-14-15-21(25)19(16-18)12-10-8-6-4-2-3-5-7-9-11-13-20-17-22-24-23-20/h14-17,25H,2-13H2,1H3,(H,22,23,24). The van der Waals surface area contributed by atoms with Crippen LogP contribution in [-0.4, -0.2) is 20.5 Å². The van der Waals surface area contributed by atoms with Crippen molar-refractivity contribution in [3.8, 4) is 5.75 Å². The number of aromatic nitrogens is 3. The lowest BCUT2D eigenvalue weighted by Gasteiger charge is -2.06. The van der Waals surface area contributed by atoms with Crippen molar-refractivity contribution in [1.29, 1.82) is 0 Å². The summed E-state index contributed by atoms with van der Waals surface area (Å²) in [5.74, 6) is 0.453. The van der Waals surface area contributed by atoms with Crippen LogP contribution in [0.5, 0.6) is 5.75 Å². The van der Waals surface area contributed by atoms with Crippen molar-refractivity contribution in [1.82, 2.24) is 15.4 Å². The SMILES string of the molecule is Cc1ccc(O)c(CCCCCCCCCCCCc2cn[nH]n2)c1. The molecule has 0 aliphatic heterocycles. The van der Waals surface area contributed by atoms with Gasteiger partial charge in [-0.05, 0) is 44.2 Å². The van der Waals surface area contributed by atoms with Gasteiger partial charge in [0.25, 0.3) is 0 Å². The van der Waals surface area contributed by atoms with Gasteiger partial charge in [-0.3, -0.25) is 0 Å². The van der Waals surface area contributed by atoms with Crippen LogP contribution in [0.1, 0.15) is 81.0 Å². The van der Waals surface area contributed by atoms with Crippen LogP contribution in [0.4, 0.5) is 0 Å². The lowest BCUT2D eigenvalue weighted by atomic mass is 10.0. The van der Waals surface area contributed by atoms with E-state index in [1.165, 1.54) is 69.8 Å². The van der Waals surface area contributed by atoms with Crippen LogP contribution in [0, 0.1) is 6.92 Å². The third-order valence-electron chi connectivity index (χ3n) is 4.83. The van der Waals surface area contributed by atoms with Crippen LogP contribution in [-0.2, 0) is 12.8 Å². The summed E-state index contributed by atoms with van der Waals surface area (Å²) in [6.45, 7) is 2.08. The lowest BCUT2D eigenvalue weighted by Crippen LogP contribution is -1.89. The Morgan fingerprint density at radius 2 is 1.44 bits per heavy atom. The molecule has 0 saturated carbocycles. The summed E-state index contributed by atoms with van der Waals surface area (Å²) in [5.41, 5.74) is 3.42. The van der Waals surface area contributed by atoms with Gasteiger partial charge in [-0.2, -0.15) is 15.4 Å². The summed E-state index contributed by atoms with van der Waals surface area (Å²) >= 11 is 0. The van der Waals surface area contributed by atoms with Crippen molar-refractivity contribution in [2.75, 3.05) is 0 Å². The van der Waals surface area contributed by atoms with E-state index in [4.69, 9.17) is 0 Å². The fraction of sp³-hybridized carbons (Fsp3) is 0.619. The molecular weight excluding hydrogens is 310 g/mol. The van der Waals surface area contributed by atoms with E-state index in [2.05, 4.69) is 28.4 Å². The zero-order valence-corrected chi connectivity index (χ0v) is 15.6. The average Bonchev–Trinajstić information content (AvgIpc) is 3.12. The fourth-order valence-electron chi connectivity index (χ4n) is 3.30. The summed E-state index contributed by atoms with van der Waals surface area (Å²) < 4.78 is 0. The van der Waals surface area contributed by atoms with Crippen LogP contribution < -0.4 is 0 Å². The highest BCUT2D eigenvalue weighted by Gasteiger charge is 2.01. The zero-order chi connectivity index (χ0) is 17.7. The van der Waals surface area contributed by atoms with E-state index in [9.17, 15) is 5.11 Å². The molecule has 0 unspecified atom stereocenters. The molecule has 2 aromatic rings. The van der Waals surface area contributed by atoms with Crippen molar-refractivity contribution in [2.45, 2.75) is 84.0 Å². The summed E-state index contributed by atoms with van der Waals surface area (Å²) in [7, 11) is 0. The second-order valence-electron chi connectivity index (χ2n) is 7.13. The normalized spacial score (nSPS) is 11.1. The molecule has 0 atom stereocenters. The smallest absolute Gasteiger partial charge is 0.118 e. The van der Waals surface area contributed by atoms with Gasteiger partial charge in [-0.1, -0.05) is 69.1 Å². The Bertz CT molecular complexity index is 581. The van der Waals surface area contributed by atoms with E-state index in [1.54, 1.807) is 0 Å². The number of benzene rings is 1. The van der Waals surface area contributed by atoms with Gasteiger partial charge in [0.2, 0.25) is 0 Å². The second kappa shape index (κ2) is 11.7. The molecule has 0 radical (unpaired) electrons. The van der Waals surface area contributed by atoms with Crippen molar-refractivity contribution in [2.24, 2.45) is 0 Å². The van der Waals surface area contributed by atoms with Crippen LogP contribution >= 0.6 is 0 Å². The topological polar surface area (TPSA) is 61.8 Å². The molecule has 0 saturated heterocycles. The maximum absolute atomic E-state index is 9.84. The van der Waals surface area contributed by atoms with Gasteiger partial charge in [0, 0.05) is 0 Å². The molecule has 0 aliphatic rings. The van der Waals surface area contributed by atoms with Crippen molar-refractivity contribution in [3.05, 3.63) is 41.2 Å². The van der Waals surface area contributed by atoms with Crippen LogP contribution in [0.15, 0.2) is 24.4 Å². The molecule has 138 valence electrons. The number of nitrogens with one attached hydrogen (secondary N) is 1. The summed E-state index contributed by atoms with van der Waals surface area (Å²) in [6.07, 6.45) is 16.9. The number of H-pyrrole nitrogens is 1. The number of unbranched alkanes of at least 4 members (excludes halogenated alkanes) is 9. The van der Waals surface area contributed by atoms with Gasteiger partial charge in [0.15, 0.2) is 0 Å². The van der Waals surface area contributed by atoms with Crippen LogP contribution in [0.25, 0.3) is 0 Å². The van der Waals surface area contributed by atoms with Crippen molar-refractivity contribution >= 4 is 0 Å². The fourth-order valence-corrected chi connectivity index (χ4v) is 3.30. The third kappa shape index (κ3) is 8.19. The van der Waals surface area contributed by atoms with Gasteiger partial charge < -0.3 is 5.11 Å². The number of nitrogens with zero attached hydrogens (tertiary/aromatic N) is 2. The molecular formula is C21H33N3O. The molecule has 1 aromatic heterocycles. The highest BCUT2D eigenvalue weighted by atomic mass is 16.3. The minimum absolute atomic E-state index is 0.453. The van der Waals surface area contributed by atoms with Gasteiger partial charge in [0.05, 0.1) is 11.9 Å². The van der Waals surface area contributed by atoms with Crippen LogP contribution in [0.2, 0.25) is 0 Å². The highest BCUT2D eigenvalue weighted by Crippen LogP contribution is 2.21. The lowest BCUT2D eigenvalue weighted by molar-refractivity contribution is 0.465. The molecule has 1 heterocycles. The molecule has 1 aromatic carbocycles. The predicted octanol–water partition coefficient (Wildman–Crippen LogP) is 5.50. The summed E-state index contributed by atoms with van der Waals surface area (Å²) in [6, 6.07) is 5.89. The Hall–Kier alpha value is -1.84. The molecule has 0 fully saturated rings. The van der Waals surface area contributed by atoms with E-state index in [1.807, 2.05) is 18.3 Å². The first-order valence-corrected chi connectivity index (χ1v) is 9.89. The number of aryl methyl sites for hydroxylation is 3. The molecule has 2 rings (SSSR count). The Morgan fingerprint density at radius 3 is 2.04 bits per heavy atom. The monoisotopic (exact) mass is 343 g/mol.